The van der Waals surface area contributed by atoms with Crippen molar-refractivity contribution < 1.29 is 13.9 Å². The van der Waals surface area contributed by atoms with Gasteiger partial charge in [-0.05, 0) is 34.9 Å². The van der Waals surface area contributed by atoms with E-state index in [4.69, 9.17) is 10.3 Å². The summed E-state index contributed by atoms with van der Waals surface area (Å²) >= 11 is -1.85. The largest absolute Gasteiger partial charge is 0.508 e. The molecule has 5 nitrogen and oxygen atoms in total. The number of nitrogens with zero attached hydrogens (tertiary/aromatic N) is 1. The summed E-state index contributed by atoms with van der Waals surface area (Å²) in [5, 5.41) is 9.41. The number of rotatable bonds is 4. The number of nitrogen functional groups attached to an aromatic ring is 1. The van der Waals surface area contributed by atoms with Gasteiger partial charge in [0, 0.05) is 17.3 Å². The molecule has 1 heterocycles. The molecule has 3 rings (SSSR count). The summed E-state index contributed by atoms with van der Waals surface area (Å²) in [5.74, 6) is 0.717. The summed E-state index contributed by atoms with van der Waals surface area (Å²) in [6.07, 6.45) is 1.69. The van der Waals surface area contributed by atoms with E-state index in [-0.39, 0.29) is 11.5 Å². The lowest BCUT2D eigenvalue weighted by Crippen LogP contribution is -1.95. The van der Waals surface area contributed by atoms with Crippen molar-refractivity contribution in [2.75, 3.05) is 5.73 Å². The quantitative estimate of drug-likeness (QED) is 0.632. The molecular formula is C18H16N2O3S. The highest BCUT2D eigenvalue weighted by molar-refractivity contribution is 7.78. The third-order valence-electron chi connectivity index (χ3n) is 3.67. The Kier molecular flexibility index (Phi) is 4.59. The number of benzene rings is 2. The van der Waals surface area contributed by atoms with Crippen molar-refractivity contribution in [3.63, 3.8) is 0 Å². The van der Waals surface area contributed by atoms with E-state index in [2.05, 4.69) is 4.98 Å². The van der Waals surface area contributed by atoms with Gasteiger partial charge in [-0.2, -0.15) is 0 Å². The zero-order valence-corrected chi connectivity index (χ0v) is 13.5. The van der Waals surface area contributed by atoms with E-state index < -0.39 is 11.1 Å². The molecule has 0 aliphatic heterocycles. The molecule has 0 saturated carbocycles. The van der Waals surface area contributed by atoms with E-state index in [1.54, 1.807) is 30.5 Å². The highest BCUT2D eigenvalue weighted by Crippen LogP contribution is 2.30. The van der Waals surface area contributed by atoms with Crippen LogP contribution in [0.5, 0.6) is 5.75 Å². The van der Waals surface area contributed by atoms with Crippen LogP contribution >= 0.6 is 0 Å². The molecule has 0 aliphatic carbocycles. The number of hydrogen-bond acceptors (Lipinski definition) is 4. The van der Waals surface area contributed by atoms with Crippen molar-refractivity contribution >= 4 is 16.9 Å². The Balaban J connectivity index is 1.96. The van der Waals surface area contributed by atoms with Gasteiger partial charge in [0.15, 0.2) is 11.1 Å². The fourth-order valence-corrected chi connectivity index (χ4v) is 2.92. The molecule has 1 unspecified atom stereocenters. The molecule has 3 aromatic rings. The molecule has 2 aromatic carbocycles. The van der Waals surface area contributed by atoms with Gasteiger partial charge in [0.25, 0.3) is 0 Å². The number of nitrogens with two attached hydrogens (primary N) is 1. The summed E-state index contributed by atoms with van der Waals surface area (Å²) in [6, 6.07) is 16.1. The van der Waals surface area contributed by atoms with E-state index >= 15 is 0 Å². The van der Waals surface area contributed by atoms with Gasteiger partial charge in [0.1, 0.15) is 11.6 Å². The minimum absolute atomic E-state index is 0.110. The van der Waals surface area contributed by atoms with Crippen molar-refractivity contribution in [3.8, 4) is 28.0 Å². The van der Waals surface area contributed by atoms with Crippen molar-refractivity contribution in [1.29, 1.82) is 0 Å². The monoisotopic (exact) mass is 340 g/mol. The number of anilines is 1. The lowest BCUT2D eigenvalue weighted by Gasteiger charge is -2.09. The predicted octanol–water partition coefficient (Wildman–Crippen LogP) is 3.43. The van der Waals surface area contributed by atoms with E-state index in [9.17, 15) is 9.32 Å². The first-order valence-corrected chi connectivity index (χ1v) is 8.52. The summed E-state index contributed by atoms with van der Waals surface area (Å²) < 4.78 is 19.8. The second-order valence-corrected chi connectivity index (χ2v) is 6.30. The molecule has 0 bridgehead atoms. The topological polar surface area (TPSA) is 96.4 Å². The van der Waals surface area contributed by atoms with E-state index in [0.717, 1.165) is 27.8 Å². The average molecular weight is 340 g/mol. The van der Waals surface area contributed by atoms with Gasteiger partial charge >= 0.3 is 0 Å². The summed E-state index contributed by atoms with van der Waals surface area (Å²) in [4.78, 5) is 4.25. The number of aromatic nitrogens is 1. The maximum atomic E-state index is 10.9. The van der Waals surface area contributed by atoms with Gasteiger partial charge < -0.3 is 15.4 Å². The fraction of sp³-hybridized carbons (Fsp3) is 0.0556. The Bertz CT molecular complexity index is 878. The molecule has 24 heavy (non-hydrogen) atoms. The predicted molar refractivity (Wildman–Crippen MR) is 95.7 cm³/mol. The summed E-state index contributed by atoms with van der Waals surface area (Å²) in [7, 11) is 0. The van der Waals surface area contributed by atoms with Crippen LogP contribution in [0.25, 0.3) is 22.3 Å². The molecule has 0 fully saturated rings. The molecule has 0 saturated heterocycles. The van der Waals surface area contributed by atoms with Crippen LogP contribution in [0.15, 0.2) is 60.8 Å². The lowest BCUT2D eigenvalue weighted by molar-refractivity contribution is 0.475. The fourth-order valence-electron chi connectivity index (χ4n) is 2.44. The Morgan fingerprint density at radius 1 is 0.958 bits per heavy atom. The molecule has 0 amide bonds. The van der Waals surface area contributed by atoms with E-state index in [0.29, 0.717) is 5.82 Å². The molecule has 1 aromatic heterocycles. The maximum Gasteiger partial charge on any atom is 0.157 e. The summed E-state index contributed by atoms with van der Waals surface area (Å²) in [6.45, 7) is 0. The smallest absolute Gasteiger partial charge is 0.157 e. The first-order valence-electron chi connectivity index (χ1n) is 7.24. The zero-order chi connectivity index (χ0) is 17.1. The number of hydrogen-bond donors (Lipinski definition) is 3. The highest BCUT2D eigenvalue weighted by Gasteiger charge is 2.08. The minimum Gasteiger partial charge on any atom is -0.508 e. The third-order valence-corrected chi connectivity index (χ3v) is 4.25. The third kappa shape index (κ3) is 3.61. The van der Waals surface area contributed by atoms with Crippen molar-refractivity contribution in [3.05, 3.63) is 66.4 Å². The van der Waals surface area contributed by atoms with Crippen LogP contribution in [-0.4, -0.2) is 18.9 Å². The van der Waals surface area contributed by atoms with Crippen molar-refractivity contribution in [2.24, 2.45) is 0 Å². The van der Waals surface area contributed by atoms with E-state index in [1.807, 2.05) is 30.3 Å². The van der Waals surface area contributed by atoms with Gasteiger partial charge in [-0.25, -0.2) is 9.19 Å². The molecule has 0 aliphatic rings. The van der Waals surface area contributed by atoms with Gasteiger partial charge in [-0.3, -0.25) is 0 Å². The van der Waals surface area contributed by atoms with Crippen LogP contribution in [0, 0.1) is 0 Å². The van der Waals surface area contributed by atoms with Gasteiger partial charge in [-0.15, -0.1) is 0 Å². The minimum atomic E-state index is -1.85. The molecule has 122 valence electrons. The summed E-state index contributed by atoms with van der Waals surface area (Å²) in [5.41, 5.74) is 10.3. The molecule has 6 heteroatoms. The van der Waals surface area contributed by atoms with E-state index in [1.165, 1.54) is 0 Å². The van der Waals surface area contributed by atoms with Gasteiger partial charge in [0.05, 0.1) is 5.75 Å². The second-order valence-electron chi connectivity index (χ2n) is 5.37. The van der Waals surface area contributed by atoms with Gasteiger partial charge in [-0.1, -0.05) is 36.4 Å². The maximum absolute atomic E-state index is 10.9. The standard InChI is InChI=1S/C18H16N2O3S/c19-18-17(14-5-7-16(21)8-6-14)9-15(10-20-18)13-3-1-12(2-4-13)11-24(22)23/h1-10,21H,11H2,(H2,19,20)(H,22,23). The van der Waals surface area contributed by atoms with Crippen LogP contribution in [0.2, 0.25) is 0 Å². The Labute approximate surface area is 142 Å². The molecular weight excluding hydrogens is 324 g/mol. The number of phenols is 1. The van der Waals surface area contributed by atoms with Crippen molar-refractivity contribution in [1.82, 2.24) is 4.98 Å². The number of aromatic hydroxyl groups is 1. The first kappa shape index (κ1) is 16.2. The molecule has 0 spiro atoms. The second kappa shape index (κ2) is 6.82. The SMILES string of the molecule is Nc1ncc(-c2ccc(CS(=O)O)cc2)cc1-c1ccc(O)cc1. The Hall–Kier alpha value is -2.70. The van der Waals surface area contributed by atoms with Crippen LogP contribution < -0.4 is 5.73 Å². The van der Waals surface area contributed by atoms with Crippen molar-refractivity contribution in [2.45, 2.75) is 5.75 Å². The van der Waals surface area contributed by atoms with Crippen LogP contribution in [0.1, 0.15) is 5.56 Å². The van der Waals surface area contributed by atoms with Crippen LogP contribution in [0.3, 0.4) is 0 Å². The van der Waals surface area contributed by atoms with Crippen LogP contribution in [0.4, 0.5) is 5.82 Å². The Morgan fingerprint density at radius 3 is 2.21 bits per heavy atom. The number of phenolic OH excluding ortho intramolecular Hbond substituents is 1. The zero-order valence-electron chi connectivity index (χ0n) is 12.7. The van der Waals surface area contributed by atoms with Gasteiger partial charge in [0.2, 0.25) is 0 Å². The normalized spacial score (nSPS) is 12.0. The van der Waals surface area contributed by atoms with Crippen LogP contribution in [-0.2, 0) is 16.8 Å². The molecule has 4 N–H and O–H groups in total. The number of pyridine rings is 1. The first-order chi connectivity index (χ1) is 11.5. The Morgan fingerprint density at radius 2 is 1.58 bits per heavy atom. The highest BCUT2D eigenvalue weighted by atomic mass is 32.2. The molecule has 0 radical (unpaired) electrons. The average Bonchev–Trinajstić information content (AvgIpc) is 2.56. The molecule has 1 atom stereocenters. The lowest BCUT2D eigenvalue weighted by atomic mass is 10.0.